The van der Waals surface area contributed by atoms with Gasteiger partial charge in [0.05, 0.1) is 5.56 Å². The topological polar surface area (TPSA) is 51.4 Å². The zero-order chi connectivity index (χ0) is 11.0. The van der Waals surface area contributed by atoms with Crippen molar-refractivity contribution in [2.24, 2.45) is 12.2 Å². The van der Waals surface area contributed by atoms with Crippen LogP contribution in [0.1, 0.15) is 16.1 Å². The van der Waals surface area contributed by atoms with Crippen molar-refractivity contribution in [3.05, 3.63) is 40.4 Å². The largest absolute Gasteiger partial charge is 0.348 e. The van der Waals surface area contributed by atoms with E-state index in [9.17, 15) is 9.70 Å². The highest BCUT2D eigenvalue weighted by Gasteiger charge is 2.12. The van der Waals surface area contributed by atoms with Gasteiger partial charge in [0.15, 0.2) is 0 Å². The molecule has 1 heterocycles. The van der Waals surface area contributed by atoms with Crippen LogP contribution in [0.25, 0.3) is 10.9 Å². The molecular weight excluding hydrogens is 192 g/mol. The fraction of sp³-hybridized carbons (Fsp3) is 0.182. The van der Waals surface area contributed by atoms with Crippen LogP contribution in [0.5, 0.6) is 0 Å². The molecule has 0 aliphatic heterocycles. The number of aromatic nitrogens is 1. The number of nitroso groups, excluding NO2 is 1. The Balaban J connectivity index is 2.82. The minimum atomic E-state index is -0.716. The minimum Gasteiger partial charge on any atom is -0.348 e. The fourth-order valence-electron chi connectivity index (χ4n) is 1.73. The van der Waals surface area contributed by atoms with Crippen LogP contribution in [0.2, 0.25) is 0 Å². The van der Waals surface area contributed by atoms with Crippen molar-refractivity contribution in [1.29, 1.82) is 0 Å². The van der Waals surface area contributed by atoms with Crippen LogP contribution in [-0.2, 0) is 7.05 Å². The highest BCUT2D eigenvalue weighted by Crippen LogP contribution is 2.22. The third-order valence-electron chi connectivity index (χ3n) is 2.64. The summed E-state index contributed by atoms with van der Waals surface area (Å²) < 4.78 is 1.97. The fourth-order valence-corrected chi connectivity index (χ4v) is 1.73. The van der Waals surface area contributed by atoms with E-state index in [2.05, 4.69) is 5.18 Å². The quantitative estimate of drug-likeness (QED) is 0.666. The van der Waals surface area contributed by atoms with Crippen LogP contribution in [0.15, 0.2) is 29.4 Å². The molecule has 0 spiro atoms. The Morgan fingerprint density at radius 2 is 2.13 bits per heavy atom. The van der Waals surface area contributed by atoms with Crippen molar-refractivity contribution in [3.63, 3.8) is 0 Å². The van der Waals surface area contributed by atoms with Crippen molar-refractivity contribution in [2.75, 3.05) is 0 Å². The van der Waals surface area contributed by atoms with E-state index in [1.807, 2.05) is 30.7 Å². The smallest absolute Gasteiger partial charge is 0.317 e. The summed E-state index contributed by atoms with van der Waals surface area (Å²) >= 11 is 0. The molecule has 4 nitrogen and oxygen atoms in total. The zero-order valence-electron chi connectivity index (χ0n) is 8.52. The van der Waals surface area contributed by atoms with Gasteiger partial charge in [0.1, 0.15) is 0 Å². The van der Waals surface area contributed by atoms with E-state index >= 15 is 0 Å². The Kier molecular flexibility index (Phi) is 2.11. The highest BCUT2D eigenvalue weighted by molar-refractivity contribution is 6.07. The summed E-state index contributed by atoms with van der Waals surface area (Å²) in [6.45, 7) is 1.95. The molecule has 1 aromatic carbocycles. The molecular formula is C11H10N2O2. The van der Waals surface area contributed by atoms with Gasteiger partial charge in [-0.25, -0.2) is 0 Å². The predicted octanol–water partition coefficient (Wildman–Crippen LogP) is 2.39. The summed E-state index contributed by atoms with van der Waals surface area (Å²) in [4.78, 5) is 21.5. The molecule has 0 radical (unpaired) electrons. The number of rotatable bonds is 1. The molecule has 1 amide bonds. The molecule has 0 aliphatic carbocycles. The molecule has 0 atom stereocenters. The average Bonchev–Trinajstić information content (AvgIpc) is 2.54. The number of benzene rings is 1. The van der Waals surface area contributed by atoms with Crippen LogP contribution in [-0.4, -0.2) is 10.5 Å². The first-order chi connectivity index (χ1) is 7.15. The predicted molar refractivity (Wildman–Crippen MR) is 57.8 cm³/mol. The van der Waals surface area contributed by atoms with Crippen molar-refractivity contribution in [3.8, 4) is 0 Å². The van der Waals surface area contributed by atoms with E-state index in [4.69, 9.17) is 0 Å². The lowest BCUT2D eigenvalue weighted by molar-refractivity contribution is 0.100. The van der Waals surface area contributed by atoms with Gasteiger partial charge in [0.2, 0.25) is 0 Å². The van der Waals surface area contributed by atoms with Crippen molar-refractivity contribution in [1.82, 2.24) is 4.57 Å². The maximum absolute atomic E-state index is 11.3. The summed E-state index contributed by atoms with van der Waals surface area (Å²) in [6, 6.07) is 7.16. The number of hydrogen-bond donors (Lipinski definition) is 0. The van der Waals surface area contributed by atoms with Crippen LogP contribution in [0.3, 0.4) is 0 Å². The van der Waals surface area contributed by atoms with E-state index in [-0.39, 0.29) is 0 Å². The second kappa shape index (κ2) is 3.31. The standard InChI is InChI=1S/C11H10N2O2/c1-7-6-9-8(11(14)12-15)4-3-5-10(9)13(7)2/h3-6H,1-2H3. The lowest BCUT2D eigenvalue weighted by Gasteiger charge is -1.99. The molecule has 76 valence electrons. The van der Waals surface area contributed by atoms with Crippen LogP contribution >= 0.6 is 0 Å². The Hall–Kier alpha value is -1.97. The Morgan fingerprint density at radius 3 is 2.80 bits per heavy atom. The van der Waals surface area contributed by atoms with Gasteiger partial charge in [0, 0.05) is 28.8 Å². The van der Waals surface area contributed by atoms with Crippen LogP contribution < -0.4 is 0 Å². The summed E-state index contributed by atoms with van der Waals surface area (Å²) in [6.07, 6.45) is 0. The second-order valence-corrected chi connectivity index (χ2v) is 3.48. The van der Waals surface area contributed by atoms with E-state index in [0.717, 1.165) is 16.6 Å². The van der Waals surface area contributed by atoms with Gasteiger partial charge in [-0.15, -0.1) is 4.91 Å². The molecule has 0 fully saturated rings. The monoisotopic (exact) mass is 202 g/mol. The van der Waals surface area contributed by atoms with Gasteiger partial charge in [-0.05, 0) is 25.1 Å². The minimum absolute atomic E-state index is 0.367. The normalized spacial score (nSPS) is 10.5. The summed E-state index contributed by atoms with van der Waals surface area (Å²) in [5.41, 5.74) is 2.34. The Morgan fingerprint density at radius 1 is 1.40 bits per heavy atom. The number of nitrogens with zero attached hydrogens (tertiary/aromatic N) is 2. The maximum Gasteiger partial charge on any atom is 0.317 e. The third-order valence-corrected chi connectivity index (χ3v) is 2.64. The lowest BCUT2D eigenvalue weighted by Crippen LogP contribution is -1.94. The van der Waals surface area contributed by atoms with Crippen LogP contribution in [0, 0.1) is 11.8 Å². The summed E-state index contributed by atoms with van der Waals surface area (Å²) in [5.74, 6) is -0.716. The van der Waals surface area contributed by atoms with Gasteiger partial charge >= 0.3 is 5.91 Å². The SMILES string of the molecule is Cc1cc2c(C(=O)N=O)cccc2n1C. The molecule has 2 aromatic rings. The first kappa shape index (κ1) is 9.58. The van der Waals surface area contributed by atoms with E-state index in [1.165, 1.54) is 0 Å². The van der Waals surface area contributed by atoms with Gasteiger partial charge in [0.25, 0.3) is 0 Å². The molecule has 0 bridgehead atoms. The number of carbonyl (C=O) groups excluding carboxylic acids is 1. The number of aryl methyl sites for hydroxylation is 2. The van der Waals surface area contributed by atoms with Gasteiger partial charge in [-0.1, -0.05) is 6.07 Å². The first-order valence-electron chi connectivity index (χ1n) is 4.58. The molecule has 0 saturated heterocycles. The lowest BCUT2D eigenvalue weighted by atomic mass is 10.1. The number of carbonyl (C=O) groups is 1. The molecule has 1 aromatic heterocycles. The third kappa shape index (κ3) is 1.34. The summed E-state index contributed by atoms with van der Waals surface area (Å²) in [5, 5.41) is 3.23. The van der Waals surface area contributed by atoms with Crippen molar-refractivity contribution < 1.29 is 4.79 Å². The molecule has 0 aliphatic rings. The Bertz CT molecular complexity index is 555. The molecule has 2 rings (SSSR count). The average molecular weight is 202 g/mol. The first-order valence-corrected chi connectivity index (χ1v) is 4.58. The van der Waals surface area contributed by atoms with Crippen molar-refractivity contribution in [2.45, 2.75) is 6.92 Å². The number of fused-ring (bicyclic) bond motifs is 1. The molecule has 0 N–H and O–H groups in total. The molecule has 0 unspecified atom stereocenters. The highest BCUT2D eigenvalue weighted by atomic mass is 16.3. The molecule has 4 heteroatoms. The molecule has 15 heavy (non-hydrogen) atoms. The van der Waals surface area contributed by atoms with Gasteiger partial charge in [-0.3, -0.25) is 4.79 Å². The van der Waals surface area contributed by atoms with Gasteiger partial charge < -0.3 is 4.57 Å². The maximum atomic E-state index is 11.3. The Labute approximate surface area is 86.5 Å². The summed E-state index contributed by atoms with van der Waals surface area (Å²) in [7, 11) is 1.92. The zero-order valence-corrected chi connectivity index (χ0v) is 8.52. The van der Waals surface area contributed by atoms with Crippen molar-refractivity contribution >= 4 is 16.8 Å². The van der Waals surface area contributed by atoms with Crippen LogP contribution in [0.4, 0.5) is 0 Å². The van der Waals surface area contributed by atoms with E-state index in [1.54, 1.807) is 12.1 Å². The number of amides is 1. The van der Waals surface area contributed by atoms with E-state index < -0.39 is 5.91 Å². The second-order valence-electron chi connectivity index (χ2n) is 3.48. The van der Waals surface area contributed by atoms with Gasteiger partial charge in [-0.2, -0.15) is 0 Å². The number of hydrogen-bond acceptors (Lipinski definition) is 2. The van der Waals surface area contributed by atoms with E-state index in [0.29, 0.717) is 5.56 Å². The molecule has 0 saturated carbocycles.